The summed E-state index contributed by atoms with van der Waals surface area (Å²) in [7, 11) is 3.68. The predicted octanol–water partition coefficient (Wildman–Crippen LogP) is 4.49. The maximum Gasteiger partial charge on any atom is 0.128 e. The van der Waals surface area contributed by atoms with Crippen LogP contribution in [0.25, 0.3) is 5.57 Å². The van der Waals surface area contributed by atoms with Crippen LogP contribution in [-0.4, -0.2) is 45.2 Å². The Bertz CT molecular complexity index is 1030. The van der Waals surface area contributed by atoms with E-state index in [2.05, 4.69) is 38.1 Å². The van der Waals surface area contributed by atoms with E-state index in [9.17, 15) is 0 Å². The first kappa shape index (κ1) is 20.5. The Hall–Kier alpha value is -3.80. The number of anilines is 2. The maximum atomic E-state index is 5.91. The van der Waals surface area contributed by atoms with E-state index >= 15 is 0 Å². The molecule has 0 amide bonds. The Labute approximate surface area is 183 Å². The zero-order valence-corrected chi connectivity index (χ0v) is 17.8. The molecule has 1 aliphatic rings. The number of hydrogen-bond donors (Lipinski definition) is 0. The summed E-state index contributed by atoms with van der Waals surface area (Å²) in [6.07, 6.45) is 5.82. The van der Waals surface area contributed by atoms with E-state index < -0.39 is 0 Å². The molecule has 0 bridgehead atoms. The number of benzene rings is 2. The van der Waals surface area contributed by atoms with Gasteiger partial charge in [0.2, 0.25) is 0 Å². The first-order chi connectivity index (χ1) is 15.2. The van der Waals surface area contributed by atoms with Crippen LogP contribution in [0.4, 0.5) is 11.5 Å². The average Bonchev–Trinajstić information content (AvgIpc) is 2.85. The highest BCUT2D eigenvalue weighted by Gasteiger charge is 2.11. The predicted molar refractivity (Wildman–Crippen MR) is 126 cm³/mol. The lowest BCUT2D eigenvalue weighted by Gasteiger charge is -2.23. The molecule has 1 aromatic heterocycles. The van der Waals surface area contributed by atoms with Crippen LogP contribution in [0.5, 0.6) is 11.5 Å². The quantitative estimate of drug-likeness (QED) is 0.543. The van der Waals surface area contributed by atoms with E-state index in [0.717, 1.165) is 40.7 Å². The van der Waals surface area contributed by atoms with Crippen molar-refractivity contribution in [2.75, 3.05) is 43.8 Å². The summed E-state index contributed by atoms with van der Waals surface area (Å²) < 4.78 is 11.1. The number of nitrogens with zero attached hydrogens (tertiary/aromatic N) is 4. The van der Waals surface area contributed by atoms with E-state index in [-0.39, 0.29) is 0 Å². The molecule has 0 radical (unpaired) electrons. The van der Waals surface area contributed by atoms with Gasteiger partial charge in [0.25, 0.3) is 0 Å². The van der Waals surface area contributed by atoms with Crippen molar-refractivity contribution in [3.8, 4) is 11.5 Å². The van der Waals surface area contributed by atoms with Gasteiger partial charge in [0.05, 0.1) is 13.7 Å². The van der Waals surface area contributed by atoms with Crippen molar-refractivity contribution in [2.24, 2.45) is 4.99 Å². The van der Waals surface area contributed by atoms with E-state index in [1.54, 1.807) is 13.3 Å². The SMILES string of the molecule is COc1ccc(C2=CN(c3ccc(OCCN(C)c4ccccn4)cc3)CN=C2)cc1. The number of aliphatic imine (C=N–C) groups is 1. The molecule has 2 aromatic carbocycles. The topological polar surface area (TPSA) is 50.2 Å². The van der Waals surface area contributed by atoms with Crippen molar-refractivity contribution in [3.63, 3.8) is 0 Å². The summed E-state index contributed by atoms with van der Waals surface area (Å²) in [5.41, 5.74) is 3.24. The summed E-state index contributed by atoms with van der Waals surface area (Å²) in [4.78, 5) is 13.1. The zero-order valence-electron chi connectivity index (χ0n) is 17.8. The van der Waals surface area contributed by atoms with E-state index in [0.29, 0.717) is 13.3 Å². The molecule has 0 saturated carbocycles. The fourth-order valence-corrected chi connectivity index (χ4v) is 3.29. The minimum absolute atomic E-state index is 0.585. The Kier molecular flexibility index (Phi) is 6.47. The third-order valence-electron chi connectivity index (χ3n) is 5.09. The van der Waals surface area contributed by atoms with E-state index in [1.165, 1.54) is 0 Å². The van der Waals surface area contributed by atoms with Crippen LogP contribution < -0.4 is 19.3 Å². The number of rotatable bonds is 8. The normalized spacial score (nSPS) is 13.0. The number of hydrogen-bond acceptors (Lipinski definition) is 6. The maximum absolute atomic E-state index is 5.91. The van der Waals surface area contributed by atoms with Gasteiger partial charge in [-0.2, -0.15) is 0 Å². The highest BCUT2D eigenvalue weighted by Crippen LogP contribution is 2.25. The standard InChI is InChI=1S/C25H26N4O2/c1-28(25-5-3-4-14-27-25)15-16-31-24-12-8-22(9-13-24)29-18-21(17-26-19-29)20-6-10-23(30-2)11-7-20/h3-14,17-18H,15-16,19H2,1-2H3. The van der Waals surface area contributed by atoms with Crippen molar-refractivity contribution in [1.82, 2.24) is 4.98 Å². The molecular weight excluding hydrogens is 388 g/mol. The van der Waals surface area contributed by atoms with Crippen LogP contribution in [0, 0.1) is 0 Å². The van der Waals surface area contributed by atoms with Gasteiger partial charge < -0.3 is 19.3 Å². The Morgan fingerprint density at radius 1 is 0.968 bits per heavy atom. The van der Waals surface area contributed by atoms with Crippen molar-refractivity contribution in [2.45, 2.75) is 0 Å². The van der Waals surface area contributed by atoms with Crippen LogP contribution in [0.2, 0.25) is 0 Å². The summed E-state index contributed by atoms with van der Waals surface area (Å²) in [6.45, 7) is 1.93. The molecule has 1 aliphatic heterocycles. The van der Waals surface area contributed by atoms with Crippen molar-refractivity contribution >= 4 is 23.3 Å². The van der Waals surface area contributed by atoms with Crippen LogP contribution in [0.15, 0.2) is 84.1 Å². The number of likely N-dealkylation sites (N-methyl/N-ethyl adjacent to an activating group) is 1. The third-order valence-corrected chi connectivity index (χ3v) is 5.09. The number of methoxy groups -OCH3 is 1. The Morgan fingerprint density at radius 2 is 1.74 bits per heavy atom. The number of ether oxygens (including phenoxy) is 2. The Morgan fingerprint density at radius 3 is 2.45 bits per heavy atom. The number of allylic oxidation sites excluding steroid dienone is 1. The molecule has 2 heterocycles. The number of aromatic nitrogens is 1. The van der Waals surface area contributed by atoms with Crippen molar-refractivity contribution in [1.29, 1.82) is 0 Å². The lowest BCUT2D eigenvalue weighted by molar-refractivity contribution is 0.325. The van der Waals surface area contributed by atoms with Gasteiger partial charge >= 0.3 is 0 Å². The summed E-state index contributed by atoms with van der Waals surface area (Å²) in [5.74, 6) is 2.63. The Balaban J connectivity index is 1.35. The molecule has 0 N–H and O–H groups in total. The molecular formula is C25H26N4O2. The van der Waals surface area contributed by atoms with Gasteiger partial charge in [-0.15, -0.1) is 0 Å². The monoisotopic (exact) mass is 414 g/mol. The van der Waals surface area contributed by atoms with Crippen LogP contribution in [0.3, 0.4) is 0 Å². The molecule has 0 atom stereocenters. The van der Waals surface area contributed by atoms with Gasteiger partial charge in [-0.3, -0.25) is 4.99 Å². The summed E-state index contributed by atoms with van der Waals surface area (Å²) >= 11 is 0. The number of pyridine rings is 1. The smallest absolute Gasteiger partial charge is 0.128 e. The minimum atomic E-state index is 0.585. The molecule has 0 fully saturated rings. The second-order valence-electron chi connectivity index (χ2n) is 7.19. The molecule has 0 unspecified atom stereocenters. The van der Waals surface area contributed by atoms with Gasteiger partial charge in [0.1, 0.15) is 30.6 Å². The lowest BCUT2D eigenvalue weighted by atomic mass is 10.1. The van der Waals surface area contributed by atoms with Gasteiger partial charge in [-0.25, -0.2) is 4.98 Å². The average molecular weight is 415 g/mol. The largest absolute Gasteiger partial charge is 0.497 e. The molecule has 0 saturated heterocycles. The van der Waals surface area contributed by atoms with Crippen LogP contribution >= 0.6 is 0 Å². The van der Waals surface area contributed by atoms with Gasteiger partial charge in [0.15, 0.2) is 0 Å². The van der Waals surface area contributed by atoms with Gasteiger partial charge in [-0.05, 0) is 54.1 Å². The summed E-state index contributed by atoms with van der Waals surface area (Å²) in [6, 6.07) is 22.0. The molecule has 3 aromatic rings. The van der Waals surface area contributed by atoms with Crippen molar-refractivity contribution < 1.29 is 9.47 Å². The lowest BCUT2D eigenvalue weighted by Crippen LogP contribution is -2.24. The van der Waals surface area contributed by atoms with E-state index in [1.807, 2.05) is 67.9 Å². The molecule has 6 heteroatoms. The first-order valence-electron chi connectivity index (χ1n) is 10.2. The molecule has 158 valence electrons. The minimum Gasteiger partial charge on any atom is -0.497 e. The fourth-order valence-electron chi connectivity index (χ4n) is 3.29. The van der Waals surface area contributed by atoms with Gasteiger partial charge in [0, 0.05) is 36.9 Å². The van der Waals surface area contributed by atoms with Crippen LogP contribution in [-0.2, 0) is 0 Å². The van der Waals surface area contributed by atoms with Gasteiger partial charge in [-0.1, -0.05) is 18.2 Å². The third kappa shape index (κ3) is 5.22. The van der Waals surface area contributed by atoms with Crippen molar-refractivity contribution in [3.05, 3.63) is 84.7 Å². The van der Waals surface area contributed by atoms with Crippen LogP contribution in [0.1, 0.15) is 5.56 Å². The molecule has 31 heavy (non-hydrogen) atoms. The second kappa shape index (κ2) is 9.80. The molecule has 0 spiro atoms. The second-order valence-corrected chi connectivity index (χ2v) is 7.19. The molecule has 6 nitrogen and oxygen atoms in total. The first-order valence-corrected chi connectivity index (χ1v) is 10.2. The van der Waals surface area contributed by atoms with E-state index in [4.69, 9.17) is 9.47 Å². The summed E-state index contributed by atoms with van der Waals surface area (Å²) in [5, 5.41) is 0. The fraction of sp³-hybridized carbons (Fsp3) is 0.200. The highest BCUT2D eigenvalue weighted by molar-refractivity contribution is 6.11. The molecule has 4 rings (SSSR count). The highest BCUT2D eigenvalue weighted by atomic mass is 16.5. The zero-order chi connectivity index (χ0) is 21.5. The molecule has 0 aliphatic carbocycles.